The van der Waals surface area contributed by atoms with Crippen LogP contribution in [0.15, 0.2) is 24.3 Å². The highest BCUT2D eigenvalue weighted by Crippen LogP contribution is 2.35. The minimum absolute atomic E-state index is 0.138. The van der Waals surface area contributed by atoms with Crippen molar-refractivity contribution in [1.29, 1.82) is 0 Å². The molecule has 2 aliphatic rings. The summed E-state index contributed by atoms with van der Waals surface area (Å²) < 4.78 is 29.0. The third kappa shape index (κ3) is 2.48. The van der Waals surface area contributed by atoms with Crippen LogP contribution in [0, 0.1) is 0 Å². The van der Waals surface area contributed by atoms with Gasteiger partial charge in [0.2, 0.25) is 0 Å². The van der Waals surface area contributed by atoms with Crippen LogP contribution in [0.3, 0.4) is 0 Å². The highest BCUT2D eigenvalue weighted by molar-refractivity contribution is 7.90. The molecule has 6 heteroatoms. The molecule has 0 radical (unpaired) electrons. The van der Waals surface area contributed by atoms with E-state index >= 15 is 0 Å². The minimum atomic E-state index is -3.41. The lowest BCUT2D eigenvalue weighted by Crippen LogP contribution is -2.45. The maximum atomic E-state index is 12.4. The van der Waals surface area contributed by atoms with E-state index in [1.165, 1.54) is 4.31 Å². The number of para-hydroxylation sites is 1. The summed E-state index contributed by atoms with van der Waals surface area (Å²) in [5.74, 6) is 0. The predicted octanol–water partition coefficient (Wildman–Crippen LogP) is 1.15. The van der Waals surface area contributed by atoms with Gasteiger partial charge in [-0.15, -0.1) is 0 Å². The van der Waals surface area contributed by atoms with E-state index in [2.05, 4.69) is 10.0 Å². The molecule has 1 aromatic rings. The van der Waals surface area contributed by atoms with Crippen molar-refractivity contribution in [3.63, 3.8) is 0 Å². The lowest BCUT2D eigenvalue weighted by molar-refractivity contribution is 0.524. The lowest BCUT2D eigenvalue weighted by atomic mass is 9.98. The first kappa shape index (κ1) is 12.9. The van der Waals surface area contributed by atoms with Crippen molar-refractivity contribution >= 4 is 15.9 Å². The average molecular weight is 281 g/mol. The summed E-state index contributed by atoms with van der Waals surface area (Å²) in [5, 5.41) is 3.24. The Kier molecular flexibility index (Phi) is 3.24. The molecule has 1 unspecified atom stereocenters. The van der Waals surface area contributed by atoms with E-state index in [0.717, 1.165) is 30.5 Å². The Bertz CT molecular complexity index is 569. The SMILES string of the molecule is CNC1CCN(S(=O)(=O)NC2CC2)c2ccccc21. The Balaban J connectivity index is 1.95. The first-order valence-corrected chi connectivity index (χ1v) is 8.12. The van der Waals surface area contributed by atoms with E-state index in [0.29, 0.717) is 6.54 Å². The number of nitrogens with zero attached hydrogens (tertiary/aromatic N) is 1. The molecule has 0 spiro atoms. The molecule has 5 nitrogen and oxygen atoms in total. The zero-order valence-electron chi connectivity index (χ0n) is 11.0. The average Bonchev–Trinajstić information content (AvgIpc) is 3.20. The van der Waals surface area contributed by atoms with E-state index in [1.54, 1.807) is 0 Å². The zero-order chi connectivity index (χ0) is 13.5. The van der Waals surface area contributed by atoms with Crippen LogP contribution in [0.4, 0.5) is 5.69 Å². The summed E-state index contributed by atoms with van der Waals surface area (Å²) in [6.07, 6.45) is 2.70. The van der Waals surface area contributed by atoms with Crippen LogP contribution in [-0.2, 0) is 10.2 Å². The quantitative estimate of drug-likeness (QED) is 0.870. The summed E-state index contributed by atoms with van der Waals surface area (Å²) in [5.41, 5.74) is 1.85. The second kappa shape index (κ2) is 4.77. The van der Waals surface area contributed by atoms with Gasteiger partial charge in [0.25, 0.3) is 0 Å². The maximum absolute atomic E-state index is 12.4. The van der Waals surface area contributed by atoms with Gasteiger partial charge in [0.15, 0.2) is 0 Å². The fraction of sp³-hybridized carbons (Fsp3) is 0.538. The van der Waals surface area contributed by atoms with Crippen LogP contribution in [0.2, 0.25) is 0 Å². The fourth-order valence-corrected chi connectivity index (χ4v) is 4.11. The lowest BCUT2D eigenvalue weighted by Gasteiger charge is -2.34. The van der Waals surface area contributed by atoms with E-state index in [4.69, 9.17) is 0 Å². The summed E-state index contributed by atoms with van der Waals surface area (Å²) in [4.78, 5) is 0. The molecule has 0 bridgehead atoms. The molecule has 0 saturated heterocycles. The van der Waals surface area contributed by atoms with Crippen molar-refractivity contribution in [3.8, 4) is 0 Å². The number of hydrogen-bond acceptors (Lipinski definition) is 3. The van der Waals surface area contributed by atoms with E-state index < -0.39 is 10.2 Å². The van der Waals surface area contributed by atoms with E-state index in [-0.39, 0.29) is 12.1 Å². The van der Waals surface area contributed by atoms with Gasteiger partial charge in [-0.25, -0.2) is 0 Å². The molecule has 104 valence electrons. The maximum Gasteiger partial charge on any atom is 0.301 e. The van der Waals surface area contributed by atoms with Gasteiger partial charge in [-0.3, -0.25) is 4.31 Å². The molecule has 1 saturated carbocycles. The summed E-state index contributed by atoms with van der Waals surface area (Å²) in [6.45, 7) is 0.518. The number of nitrogens with one attached hydrogen (secondary N) is 2. The topological polar surface area (TPSA) is 61.4 Å². The number of hydrogen-bond donors (Lipinski definition) is 2. The van der Waals surface area contributed by atoms with Crippen molar-refractivity contribution in [2.45, 2.75) is 31.3 Å². The molecular weight excluding hydrogens is 262 g/mol. The molecule has 0 amide bonds. The van der Waals surface area contributed by atoms with Gasteiger partial charge < -0.3 is 5.32 Å². The molecular formula is C13H19N3O2S. The van der Waals surface area contributed by atoms with Crippen LogP contribution >= 0.6 is 0 Å². The Hall–Kier alpha value is -1.11. The Labute approximate surface area is 114 Å². The minimum Gasteiger partial charge on any atom is -0.313 e. The summed E-state index contributed by atoms with van der Waals surface area (Å²) >= 11 is 0. The van der Waals surface area contributed by atoms with Gasteiger partial charge in [-0.05, 0) is 37.9 Å². The molecule has 1 aliphatic carbocycles. The van der Waals surface area contributed by atoms with Crippen LogP contribution in [0.1, 0.15) is 30.9 Å². The molecule has 2 N–H and O–H groups in total. The molecule has 0 aromatic heterocycles. The van der Waals surface area contributed by atoms with Crippen molar-refractivity contribution in [3.05, 3.63) is 29.8 Å². The largest absolute Gasteiger partial charge is 0.313 e. The summed E-state index contributed by atoms with van der Waals surface area (Å²) in [6, 6.07) is 8.08. The Morgan fingerprint density at radius 2 is 1.95 bits per heavy atom. The van der Waals surface area contributed by atoms with Gasteiger partial charge in [-0.1, -0.05) is 18.2 Å². The molecule has 1 aromatic carbocycles. The second-order valence-corrected chi connectivity index (χ2v) is 6.78. The Morgan fingerprint density at radius 1 is 1.21 bits per heavy atom. The predicted molar refractivity (Wildman–Crippen MR) is 75.3 cm³/mol. The monoisotopic (exact) mass is 281 g/mol. The smallest absolute Gasteiger partial charge is 0.301 e. The molecule has 19 heavy (non-hydrogen) atoms. The van der Waals surface area contributed by atoms with Crippen molar-refractivity contribution in [1.82, 2.24) is 10.0 Å². The van der Waals surface area contributed by atoms with Crippen LogP contribution < -0.4 is 14.3 Å². The first-order valence-electron chi connectivity index (χ1n) is 6.68. The van der Waals surface area contributed by atoms with Crippen molar-refractivity contribution in [2.75, 3.05) is 17.9 Å². The van der Waals surface area contributed by atoms with Gasteiger partial charge >= 0.3 is 10.2 Å². The van der Waals surface area contributed by atoms with Gasteiger partial charge in [0.05, 0.1) is 5.69 Å². The third-order valence-electron chi connectivity index (χ3n) is 3.73. The van der Waals surface area contributed by atoms with Crippen molar-refractivity contribution < 1.29 is 8.42 Å². The van der Waals surface area contributed by atoms with Crippen molar-refractivity contribution in [2.24, 2.45) is 0 Å². The van der Waals surface area contributed by atoms with Gasteiger partial charge in [0.1, 0.15) is 0 Å². The Morgan fingerprint density at radius 3 is 2.63 bits per heavy atom. The molecule has 1 atom stereocenters. The summed E-state index contributed by atoms with van der Waals surface area (Å²) in [7, 11) is -1.50. The number of anilines is 1. The zero-order valence-corrected chi connectivity index (χ0v) is 11.8. The normalized spacial score (nSPS) is 23.2. The third-order valence-corrected chi connectivity index (χ3v) is 5.32. The van der Waals surface area contributed by atoms with E-state index in [1.807, 2.05) is 31.3 Å². The van der Waals surface area contributed by atoms with Crippen LogP contribution in [0.25, 0.3) is 0 Å². The molecule has 1 aliphatic heterocycles. The fourth-order valence-electron chi connectivity index (χ4n) is 2.56. The molecule has 1 fully saturated rings. The molecule has 3 rings (SSSR count). The van der Waals surface area contributed by atoms with Crippen LogP contribution in [0.5, 0.6) is 0 Å². The number of fused-ring (bicyclic) bond motifs is 1. The second-order valence-electron chi connectivity index (χ2n) is 5.16. The standard InChI is InChI=1S/C13H19N3O2S/c1-14-12-8-9-16(13-5-3-2-4-11(12)13)19(17,18)15-10-6-7-10/h2-5,10,12,14-15H,6-9H2,1H3. The van der Waals surface area contributed by atoms with Crippen LogP contribution in [-0.4, -0.2) is 28.1 Å². The first-order chi connectivity index (χ1) is 9.12. The number of rotatable bonds is 4. The molecule has 1 heterocycles. The number of benzene rings is 1. The van der Waals surface area contributed by atoms with Gasteiger partial charge in [-0.2, -0.15) is 13.1 Å². The highest BCUT2D eigenvalue weighted by Gasteiger charge is 2.35. The van der Waals surface area contributed by atoms with Gasteiger partial charge in [0, 0.05) is 18.6 Å². The van der Waals surface area contributed by atoms with E-state index in [9.17, 15) is 8.42 Å². The highest BCUT2D eigenvalue weighted by atomic mass is 32.2.